The summed E-state index contributed by atoms with van der Waals surface area (Å²) >= 11 is 0. The number of halogens is 1. The highest BCUT2D eigenvalue weighted by Gasteiger charge is 2.42. The van der Waals surface area contributed by atoms with Gasteiger partial charge in [0, 0.05) is 57.3 Å². The zero-order valence-electron chi connectivity index (χ0n) is 16.2. The molecule has 0 amide bonds. The van der Waals surface area contributed by atoms with Gasteiger partial charge in [0.05, 0.1) is 6.61 Å². The molecule has 1 unspecified atom stereocenters. The second-order valence-electron chi connectivity index (χ2n) is 8.27. The minimum absolute atomic E-state index is 0.0459. The van der Waals surface area contributed by atoms with E-state index in [0.29, 0.717) is 5.41 Å². The number of hydrogen-bond donors (Lipinski definition) is 1. The number of nitrogens with zero attached hydrogens (tertiary/aromatic N) is 2. The third-order valence-corrected chi connectivity index (χ3v) is 6.63. The van der Waals surface area contributed by atoms with Gasteiger partial charge in [-0.15, -0.1) is 0 Å². The molecule has 5 nitrogen and oxygen atoms in total. The van der Waals surface area contributed by atoms with Gasteiger partial charge in [0.2, 0.25) is 0 Å². The van der Waals surface area contributed by atoms with Crippen molar-refractivity contribution in [2.75, 3.05) is 53.1 Å². The van der Waals surface area contributed by atoms with E-state index >= 15 is 0 Å². The maximum absolute atomic E-state index is 13.4. The van der Waals surface area contributed by atoms with E-state index < -0.39 is 0 Å². The monoisotopic (exact) mass is 375 g/mol. The molecule has 3 aliphatic rings. The number of guanidine groups is 1. The van der Waals surface area contributed by atoms with Gasteiger partial charge < -0.3 is 19.7 Å². The minimum Gasteiger partial charge on any atom is -0.381 e. The molecule has 3 fully saturated rings. The molecule has 1 spiro atoms. The smallest absolute Gasteiger partial charge is 0.193 e. The van der Waals surface area contributed by atoms with Gasteiger partial charge in [-0.1, -0.05) is 12.1 Å². The number of nitrogens with one attached hydrogen (secondary N) is 1. The normalized spacial score (nSPS) is 28.1. The SMILES string of the molecule is CN=C(NCC1(c2ccc(F)cc2)CCOCC1)N1CCC2(CCOC2)C1. The fourth-order valence-electron chi connectivity index (χ4n) is 4.80. The number of rotatable bonds is 3. The van der Waals surface area contributed by atoms with E-state index in [4.69, 9.17) is 9.47 Å². The Morgan fingerprint density at radius 3 is 2.52 bits per heavy atom. The Balaban J connectivity index is 1.46. The summed E-state index contributed by atoms with van der Waals surface area (Å²) in [6, 6.07) is 6.97. The van der Waals surface area contributed by atoms with Crippen LogP contribution in [0.3, 0.4) is 0 Å². The largest absolute Gasteiger partial charge is 0.381 e. The summed E-state index contributed by atoms with van der Waals surface area (Å²) in [7, 11) is 1.85. The van der Waals surface area contributed by atoms with Crippen LogP contribution in [0.2, 0.25) is 0 Å². The van der Waals surface area contributed by atoms with Crippen LogP contribution in [0, 0.1) is 11.2 Å². The zero-order chi connectivity index (χ0) is 18.7. The van der Waals surface area contributed by atoms with Gasteiger partial charge in [-0.25, -0.2) is 4.39 Å². The molecule has 6 heteroatoms. The maximum Gasteiger partial charge on any atom is 0.193 e. The molecule has 1 N–H and O–H groups in total. The summed E-state index contributed by atoms with van der Waals surface area (Å²) in [5.74, 6) is 0.776. The van der Waals surface area contributed by atoms with Crippen LogP contribution >= 0.6 is 0 Å². The Labute approximate surface area is 160 Å². The van der Waals surface area contributed by atoms with Crippen LogP contribution in [0.5, 0.6) is 0 Å². The van der Waals surface area contributed by atoms with E-state index in [1.54, 1.807) is 12.1 Å². The maximum atomic E-state index is 13.4. The lowest BCUT2D eigenvalue weighted by Crippen LogP contribution is -2.49. The van der Waals surface area contributed by atoms with Crippen molar-refractivity contribution in [1.29, 1.82) is 0 Å². The van der Waals surface area contributed by atoms with Crippen molar-refractivity contribution in [3.63, 3.8) is 0 Å². The minimum atomic E-state index is -0.189. The highest BCUT2D eigenvalue weighted by atomic mass is 19.1. The average Bonchev–Trinajstić information content (AvgIpc) is 3.34. The molecule has 1 aromatic carbocycles. The highest BCUT2D eigenvalue weighted by molar-refractivity contribution is 5.80. The van der Waals surface area contributed by atoms with E-state index in [9.17, 15) is 4.39 Å². The van der Waals surface area contributed by atoms with Crippen LogP contribution in [0.15, 0.2) is 29.3 Å². The standard InChI is InChI=1S/C21H30FN3O2/c1-23-19(25-10-6-20(15-25)7-11-27-16-20)24-14-21(8-12-26-13-9-21)17-2-4-18(22)5-3-17/h2-5H,6-16H2,1H3,(H,23,24). The molecule has 1 aromatic rings. The lowest BCUT2D eigenvalue weighted by atomic mass is 9.74. The Morgan fingerprint density at radius 1 is 1.11 bits per heavy atom. The number of benzene rings is 1. The molecule has 0 aromatic heterocycles. The topological polar surface area (TPSA) is 46.1 Å². The molecular weight excluding hydrogens is 345 g/mol. The molecule has 0 saturated carbocycles. The summed E-state index contributed by atoms with van der Waals surface area (Å²) < 4.78 is 24.7. The number of hydrogen-bond acceptors (Lipinski definition) is 3. The van der Waals surface area contributed by atoms with Crippen LogP contribution < -0.4 is 5.32 Å². The second kappa shape index (κ2) is 7.76. The number of aliphatic imine (C=N–C) groups is 1. The van der Waals surface area contributed by atoms with Gasteiger partial charge in [0.1, 0.15) is 5.82 Å². The molecule has 148 valence electrons. The average molecular weight is 375 g/mol. The molecule has 1 atom stereocenters. The Kier molecular flexibility index (Phi) is 5.37. The van der Waals surface area contributed by atoms with Crippen LogP contribution in [-0.2, 0) is 14.9 Å². The van der Waals surface area contributed by atoms with Crippen LogP contribution in [0.4, 0.5) is 4.39 Å². The lowest BCUT2D eigenvalue weighted by Gasteiger charge is -2.39. The summed E-state index contributed by atoms with van der Waals surface area (Å²) in [5.41, 5.74) is 1.44. The van der Waals surface area contributed by atoms with Gasteiger partial charge in [-0.05, 0) is 43.4 Å². The predicted molar refractivity (Wildman–Crippen MR) is 104 cm³/mol. The van der Waals surface area contributed by atoms with Crippen LogP contribution in [0.1, 0.15) is 31.2 Å². The summed E-state index contributed by atoms with van der Waals surface area (Å²) in [4.78, 5) is 6.91. The molecular formula is C21H30FN3O2. The quantitative estimate of drug-likeness (QED) is 0.652. The van der Waals surface area contributed by atoms with E-state index in [1.807, 2.05) is 19.2 Å². The molecule has 27 heavy (non-hydrogen) atoms. The van der Waals surface area contributed by atoms with Crippen molar-refractivity contribution in [3.8, 4) is 0 Å². The van der Waals surface area contributed by atoms with Crippen molar-refractivity contribution in [2.45, 2.75) is 31.1 Å². The Hall–Kier alpha value is -1.66. The molecule has 4 rings (SSSR count). The van der Waals surface area contributed by atoms with Crippen molar-refractivity contribution in [3.05, 3.63) is 35.6 Å². The van der Waals surface area contributed by atoms with Crippen LogP contribution in [0.25, 0.3) is 0 Å². The molecule has 0 bridgehead atoms. The van der Waals surface area contributed by atoms with E-state index in [2.05, 4.69) is 15.2 Å². The van der Waals surface area contributed by atoms with Gasteiger partial charge in [-0.2, -0.15) is 0 Å². The third kappa shape index (κ3) is 3.83. The first kappa shape index (κ1) is 18.7. The van der Waals surface area contributed by atoms with Crippen LogP contribution in [-0.4, -0.2) is 64.0 Å². The first-order valence-electron chi connectivity index (χ1n) is 10.0. The summed E-state index contributed by atoms with van der Waals surface area (Å²) in [6.07, 6.45) is 4.18. The zero-order valence-corrected chi connectivity index (χ0v) is 16.2. The fraction of sp³-hybridized carbons (Fsp3) is 0.667. The van der Waals surface area contributed by atoms with E-state index in [-0.39, 0.29) is 11.2 Å². The first-order valence-corrected chi connectivity index (χ1v) is 10.0. The molecule has 3 heterocycles. The first-order chi connectivity index (χ1) is 13.1. The van der Waals surface area contributed by atoms with Crippen molar-refractivity contribution in [2.24, 2.45) is 10.4 Å². The molecule has 0 aliphatic carbocycles. The number of likely N-dealkylation sites (tertiary alicyclic amines) is 1. The van der Waals surface area contributed by atoms with E-state index in [1.165, 1.54) is 12.0 Å². The third-order valence-electron chi connectivity index (χ3n) is 6.63. The van der Waals surface area contributed by atoms with Gasteiger partial charge >= 0.3 is 0 Å². The Bertz CT molecular complexity index is 665. The van der Waals surface area contributed by atoms with Gasteiger partial charge in [-0.3, -0.25) is 4.99 Å². The van der Waals surface area contributed by atoms with Crippen molar-refractivity contribution >= 4 is 5.96 Å². The van der Waals surface area contributed by atoms with Crippen molar-refractivity contribution < 1.29 is 13.9 Å². The molecule has 3 saturated heterocycles. The summed E-state index contributed by atoms with van der Waals surface area (Å²) in [6.45, 7) is 6.05. The van der Waals surface area contributed by atoms with Gasteiger partial charge in [0.15, 0.2) is 5.96 Å². The Morgan fingerprint density at radius 2 is 1.85 bits per heavy atom. The molecule has 0 radical (unpaired) electrons. The summed E-state index contributed by atoms with van der Waals surface area (Å²) in [5, 5.41) is 3.63. The second-order valence-corrected chi connectivity index (χ2v) is 8.27. The van der Waals surface area contributed by atoms with Gasteiger partial charge in [0.25, 0.3) is 0 Å². The lowest BCUT2D eigenvalue weighted by molar-refractivity contribution is 0.0511. The van der Waals surface area contributed by atoms with E-state index in [0.717, 1.165) is 71.3 Å². The predicted octanol–water partition coefficient (Wildman–Crippen LogP) is 2.56. The highest BCUT2D eigenvalue weighted by Crippen LogP contribution is 2.38. The number of ether oxygens (including phenoxy) is 2. The fourth-order valence-corrected chi connectivity index (χ4v) is 4.80. The molecule has 3 aliphatic heterocycles. The van der Waals surface area contributed by atoms with Crippen molar-refractivity contribution in [1.82, 2.24) is 10.2 Å².